The first-order valence-electron chi connectivity index (χ1n) is 9.76. The second kappa shape index (κ2) is 8.57. The number of anilines is 1. The standard InChI is InChI=1S/C21H30N4O2/c1-5-25(6-2)18-8-7-17(20(11-18)27-4)14-24-10-9-16(13-24)19-12-21(26)23-15(3)22-19/h7-8,11-12,16H,5-6,9-10,13-14H2,1-4H3,(H,22,23,26)/t16-/m0/s1. The number of ether oxygens (including phenoxy) is 1. The maximum absolute atomic E-state index is 11.7. The number of aryl methyl sites for hydroxylation is 1. The molecule has 0 radical (unpaired) electrons. The van der Waals surface area contributed by atoms with E-state index in [0.717, 1.165) is 50.6 Å². The van der Waals surface area contributed by atoms with Crippen LogP contribution in [0.4, 0.5) is 5.69 Å². The molecule has 1 aliphatic heterocycles. The molecule has 146 valence electrons. The van der Waals surface area contributed by atoms with Crippen LogP contribution in [0.1, 0.15) is 43.3 Å². The van der Waals surface area contributed by atoms with E-state index in [0.29, 0.717) is 11.7 Å². The molecule has 6 heteroatoms. The number of hydrogen-bond donors (Lipinski definition) is 1. The van der Waals surface area contributed by atoms with Gasteiger partial charge in [0, 0.05) is 55.5 Å². The van der Waals surface area contributed by atoms with Gasteiger partial charge >= 0.3 is 0 Å². The number of nitrogens with zero attached hydrogens (tertiary/aromatic N) is 3. The zero-order valence-electron chi connectivity index (χ0n) is 16.8. The first kappa shape index (κ1) is 19.4. The second-order valence-electron chi connectivity index (χ2n) is 7.14. The fraction of sp³-hybridized carbons (Fsp3) is 0.524. The summed E-state index contributed by atoms with van der Waals surface area (Å²) in [5.41, 5.74) is 3.24. The van der Waals surface area contributed by atoms with E-state index < -0.39 is 0 Å². The van der Waals surface area contributed by atoms with Crippen molar-refractivity contribution in [3.8, 4) is 5.75 Å². The molecule has 1 aromatic carbocycles. The molecule has 0 saturated carbocycles. The molecule has 2 aromatic rings. The minimum Gasteiger partial charge on any atom is -0.496 e. The third-order valence-corrected chi connectivity index (χ3v) is 5.36. The van der Waals surface area contributed by atoms with Crippen molar-refractivity contribution in [2.45, 2.75) is 39.7 Å². The SMILES string of the molecule is CCN(CC)c1ccc(CN2CC[C@H](c3cc(=O)[nH]c(C)n3)C2)c(OC)c1. The molecular weight excluding hydrogens is 340 g/mol. The number of nitrogens with one attached hydrogen (secondary N) is 1. The summed E-state index contributed by atoms with van der Waals surface area (Å²) in [4.78, 5) is 23.7. The van der Waals surface area contributed by atoms with Crippen LogP contribution in [0.5, 0.6) is 5.75 Å². The molecule has 27 heavy (non-hydrogen) atoms. The van der Waals surface area contributed by atoms with Gasteiger partial charge < -0.3 is 14.6 Å². The lowest BCUT2D eigenvalue weighted by Crippen LogP contribution is -2.23. The van der Waals surface area contributed by atoms with Gasteiger partial charge in [0.2, 0.25) is 0 Å². The fourth-order valence-electron chi connectivity index (χ4n) is 3.92. The molecule has 6 nitrogen and oxygen atoms in total. The summed E-state index contributed by atoms with van der Waals surface area (Å²) in [5.74, 6) is 1.93. The minimum atomic E-state index is -0.0652. The Hall–Kier alpha value is -2.34. The Morgan fingerprint density at radius 2 is 2.07 bits per heavy atom. The number of hydrogen-bond acceptors (Lipinski definition) is 5. The Morgan fingerprint density at radius 1 is 1.30 bits per heavy atom. The van der Waals surface area contributed by atoms with Crippen molar-refractivity contribution in [2.24, 2.45) is 0 Å². The summed E-state index contributed by atoms with van der Waals surface area (Å²) in [6, 6.07) is 8.13. The van der Waals surface area contributed by atoms with Crippen molar-refractivity contribution in [1.29, 1.82) is 0 Å². The van der Waals surface area contributed by atoms with E-state index >= 15 is 0 Å². The number of H-pyrrole nitrogens is 1. The van der Waals surface area contributed by atoms with Crippen molar-refractivity contribution < 1.29 is 4.74 Å². The fourth-order valence-corrected chi connectivity index (χ4v) is 3.92. The molecule has 1 atom stereocenters. The van der Waals surface area contributed by atoms with E-state index in [1.165, 1.54) is 11.3 Å². The summed E-state index contributed by atoms with van der Waals surface area (Å²) in [6.45, 7) is 10.9. The molecule has 0 unspecified atom stereocenters. The normalized spacial score (nSPS) is 17.3. The Labute approximate surface area is 161 Å². The zero-order valence-corrected chi connectivity index (χ0v) is 16.8. The molecular formula is C21H30N4O2. The molecule has 0 spiro atoms. The lowest BCUT2D eigenvalue weighted by molar-refractivity contribution is 0.316. The Bertz CT molecular complexity index is 829. The highest BCUT2D eigenvalue weighted by molar-refractivity contribution is 5.53. The molecule has 1 aromatic heterocycles. The monoisotopic (exact) mass is 370 g/mol. The van der Waals surface area contributed by atoms with Crippen LogP contribution in [0.2, 0.25) is 0 Å². The number of likely N-dealkylation sites (tertiary alicyclic amines) is 1. The van der Waals surface area contributed by atoms with Gasteiger partial charge in [0.05, 0.1) is 12.8 Å². The van der Waals surface area contributed by atoms with E-state index in [4.69, 9.17) is 4.74 Å². The average molecular weight is 370 g/mol. The van der Waals surface area contributed by atoms with Crippen LogP contribution >= 0.6 is 0 Å². The van der Waals surface area contributed by atoms with Crippen molar-refractivity contribution >= 4 is 5.69 Å². The Morgan fingerprint density at radius 3 is 2.74 bits per heavy atom. The van der Waals surface area contributed by atoms with Crippen molar-refractivity contribution in [2.75, 3.05) is 38.2 Å². The number of rotatable bonds is 7. The molecule has 0 aliphatic carbocycles. The van der Waals surface area contributed by atoms with Gasteiger partial charge in [-0.1, -0.05) is 6.07 Å². The van der Waals surface area contributed by atoms with Crippen LogP contribution in [0.15, 0.2) is 29.1 Å². The lowest BCUT2D eigenvalue weighted by Gasteiger charge is -2.23. The first-order valence-corrected chi connectivity index (χ1v) is 9.76. The number of benzene rings is 1. The van der Waals surface area contributed by atoms with Gasteiger partial charge in [-0.25, -0.2) is 4.98 Å². The third kappa shape index (κ3) is 4.50. The van der Waals surface area contributed by atoms with Gasteiger partial charge in [0.1, 0.15) is 11.6 Å². The quantitative estimate of drug-likeness (QED) is 0.812. The van der Waals surface area contributed by atoms with Crippen LogP contribution in [-0.4, -0.2) is 48.2 Å². The van der Waals surface area contributed by atoms with Gasteiger partial charge in [-0.05, 0) is 39.8 Å². The summed E-state index contributed by atoms with van der Waals surface area (Å²) < 4.78 is 5.67. The molecule has 2 heterocycles. The molecule has 1 fully saturated rings. The average Bonchev–Trinajstić information content (AvgIpc) is 3.11. The Balaban J connectivity index is 1.71. The summed E-state index contributed by atoms with van der Waals surface area (Å²) >= 11 is 0. The van der Waals surface area contributed by atoms with E-state index in [1.807, 2.05) is 6.92 Å². The van der Waals surface area contributed by atoms with Crippen molar-refractivity contribution in [1.82, 2.24) is 14.9 Å². The maximum atomic E-state index is 11.7. The number of aromatic nitrogens is 2. The highest BCUT2D eigenvalue weighted by Gasteiger charge is 2.26. The van der Waals surface area contributed by atoms with E-state index in [2.05, 4.69) is 51.8 Å². The highest BCUT2D eigenvalue weighted by atomic mass is 16.5. The largest absolute Gasteiger partial charge is 0.496 e. The summed E-state index contributed by atoms with van der Waals surface area (Å²) in [7, 11) is 1.74. The minimum absolute atomic E-state index is 0.0652. The van der Waals surface area contributed by atoms with Gasteiger partial charge in [-0.3, -0.25) is 9.69 Å². The van der Waals surface area contributed by atoms with Crippen LogP contribution in [0.25, 0.3) is 0 Å². The van der Waals surface area contributed by atoms with Crippen LogP contribution < -0.4 is 15.2 Å². The molecule has 0 bridgehead atoms. The summed E-state index contributed by atoms with van der Waals surface area (Å²) in [5, 5.41) is 0. The van der Waals surface area contributed by atoms with E-state index in [1.54, 1.807) is 13.2 Å². The highest BCUT2D eigenvalue weighted by Crippen LogP contribution is 2.30. The topological polar surface area (TPSA) is 61.5 Å². The predicted octanol–water partition coefficient (Wildman–Crippen LogP) is 2.92. The summed E-state index contributed by atoms with van der Waals surface area (Å²) in [6.07, 6.45) is 1.02. The van der Waals surface area contributed by atoms with Crippen LogP contribution in [-0.2, 0) is 6.54 Å². The van der Waals surface area contributed by atoms with Crippen LogP contribution in [0, 0.1) is 6.92 Å². The van der Waals surface area contributed by atoms with Gasteiger partial charge in [0.25, 0.3) is 5.56 Å². The van der Waals surface area contributed by atoms with E-state index in [-0.39, 0.29) is 5.56 Å². The van der Waals surface area contributed by atoms with Crippen LogP contribution in [0.3, 0.4) is 0 Å². The second-order valence-corrected chi connectivity index (χ2v) is 7.14. The molecule has 0 amide bonds. The van der Waals surface area contributed by atoms with Crippen molar-refractivity contribution in [3.05, 3.63) is 51.7 Å². The smallest absolute Gasteiger partial charge is 0.251 e. The molecule has 1 aliphatic rings. The molecule has 1 N–H and O–H groups in total. The lowest BCUT2D eigenvalue weighted by atomic mass is 10.0. The van der Waals surface area contributed by atoms with E-state index in [9.17, 15) is 4.79 Å². The Kier molecular flexibility index (Phi) is 6.16. The first-order chi connectivity index (χ1) is 13.0. The molecule has 1 saturated heterocycles. The predicted molar refractivity (Wildman–Crippen MR) is 109 cm³/mol. The number of aromatic amines is 1. The van der Waals surface area contributed by atoms with Gasteiger partial charge in [-0.15, -0.1) is 0 Å². The maximum Gasteiger partial charge on any atom is 0.251 e. The molecule has 3 rings (SSSR count). The van der Waals surface area contributed by atoms with Gasteiger partial charge in [0.15, 0.2) is 0 Å². The third-order valence-electron chi connectivity index (χ3n) is 5.36. The van der Waals surface area contributed by atoms with Crippen molar-refractivity contribution in [3.63, 3.8) is 0 Å². The zero-order chi connectivity index (χ0) is 19.4. The number of methoxy groups -OCH3 is 1. The van der Waals surface area contributed by atoms with Gasteiger partial charge in [-0.2, -0.15) is 0 Å².